The molecule has 6 nitrogen and oxygen atoms in total. The number of nitrogens with two attached hydrogens (primary N) is 1. The largest absolute Gasteiger partial charge is 0.370 e. The number of primary amides is 1. The minimum Gasteiger partial charge on any atom is -0.370 e. The molecule has 0 saturated carbocycles. The van der Waals surface area contributed by atoms with Gasteiger partial charge >= 0.3 is 0 Å². The van der Waals surface area contributed by atoms with Gasteiger partial charge in [-0.3, -0.25) is 19.6 Å². The van der Waals surface area contributed by atoms with Crippen LogP contribution in [0, 0.1) is 0 Å². The van der Waals surface area contributed by atoms with Crippen LogP contribution in [-0.2, 0) is 11.2 Å². The number of piperidine rings is 1. The lowest BCUT2D eigenvalue weighted by molar-refractivity contribution is -0.118. The van der Waals surface area contributed by atoms with Gasteiger partial charge in [0.25, 0.3) is 5.91 Å². The van der Waals surface area contributed by atoms with Gasteiger partial charge in [0, 0.05) is 43.0 Å². The van der Waals surface area contributed by atoms with E-state index >= 15 is 0 Å². The van der Waals surface area contributed by atoms with Gasteiger partial charge in [-0.15, -0.1) is 0 Å². The number of nitrogens with zero attached hydrogens (tertiary/aromatic N) is 3. The van der Waals surface area contributed by atoms with Gasteiger partial charge in [0.1, 0.15) is 5.69 Å². The second-order valence-corrected chi connectivity index (χ2v) is 6.30. The smallest absolute Gasteiger partial charge is 0.272 e. The van der Waals surface area contributed by atoms with Crippen molar-refractivity contribution in [3.05, 3.63) is 59.7 Å². The lowest BCUT2D eigenvalue weighted by atomic mass is 9.92. The first-order valence-electron chi connectivity index (χ1n) is 8.58. The number of carbonyl (C=O) groups is 2. The van der Waals surface area contributed by atoms with E-state index in [1.165, 1.54) is 0 Å². The molecule has 2 aromatic heterocycles. The number of amides is 2. The second kappa shape index (κ2) is 7.88. The Morgan fingerprint density at radius 1 is 1.12 bits per heavy atom. The standard InChI is InChI=1S/C19H22N4O2/c20-18(24)8-7-15-4-3-6-16(22-15)14-9-12-23(13-10-14)19(25)17-5-1-2-11-21-17/h1-6,11,14H,7-10,12-13H2,(H2,20,24). The number of aromatic nitrogens is 2. The van der Waals surface area contributed by atoms with Gasteiger partial charge in [-0.1, -0.05) is 12.1 Å². The van der Waals surface area contributed by atoms with Crippen molar-refractivity contribution in [2.24, 2.45) is 5.73 Å². The van der Waals surface area contributed by atoms with Crippen molar-refractivity contribution in [2.45, 2.75) is 31.6 Å². The third kappa shape index (κ3) is 4.41. The molecule has 0 atom stereocenters. The molecule has 2 amide bonds. The summed E-state index contributed by atoms with van der Waals surface area (Å²) in [4.78, 5) is 34.0. The Morgan fingerprint density at radius 2 is 1.92 bits per heavy atom. The van der Waals surface area contributed by atoms with Crippen molar-refractivity contribution in [2.75, 3.05) is 13.1 Å². The fraction of sp³-hybridized carbons (Fsp3) is 0.368. The first kappa shape index (κ1) is 17.1. The average Bonchev–Trinajstić information content (AvgIpc) is 2.67. The van der Waals surface area contributed by atoms with E-state index in [4.69, 9.17) is 5.73 Å². The van der Waals surface area contributed by atoms with Crippen molar-refractivity contribution in [1.82, 2.24) is 14.9 Å². The molecule has 1 aliphatic rings. The zero-order valence-electron chi connectivity index (χ0n) is 14.1. The summed E-state index contributed by atoms with van der Waals surface area (Å²) in [7, 11) is 0. The lowest BCUT2D eigenvalue weighted by Crippen LogP contribution is -2.38. The molecule has 0 bridgehead atoms. The summed E-state index contributed by atoms with van der Waals surface area (Å²) in [5.74, 6) is 0.0112. The molecule has 0 aliphatic carbocycles. The van der Waals surface area contributed by atoms with E-state index < -0.39 is 0 Å². The summed E-state index contributed by atoms with van der Waals surface area (Å²) in [6.45, 7) is 1.40. The van der Waals surface area contributed by atoms with E-state index in [1.54, 1.807) is 18.3 Å². The first-order valence-corrected chi connectivity index (χ1v) is 8.58. The number of hydrogen-bond acceptors (Lipinski definition) is 4. The maximum absolute atomic E-state index is 12.5. The number of aryl methyl sites for hydroxylation is 1. The molecule has 1 saturated heterocycles. The fourth-order valence-electron chi connectivity index (χ4n) is 3.15. The van der Waals surface area contributed by atoms with Gasteiger partial charge in [-0.25, -0.2) is 0 Å². The highest BCUT2D eigenvalue weighted by atomic mass is 16.2. The Balaban J connectivity index is 1.60. The summed E-state index contributed by atoms with van der Waals surface area (Å²) >= 11 is 0. The molecule has 0 unspecified atom stereocenters. The van der Waals surface area contributed by atoms with Crippen LogP contribution in [0.1, 0.15) is 47.1 Å². The maximum atomic E-state index is 12.5. The van der Waals surface area contributed by atoms with E-state index in [9.17, 15) is 9.59 Å². The summed E-state index contributed by atoms with van der Waals surface area (Å²) in [5.41, 5.74) is 7.62. The lowest BCUT2D eigenvalue weighted by Gasteiger charge is -2.31. The molecule has 3 rings (SSSR count). The van der Waals surface area contributed by atoms with Gasteiger partial charge in [0.15, 0.2) is 0 Å². The Labute approximate surface area is 147 Å². The van der Waals surface area contributed by atoms with Crippen LogP contribution < -0.4 is 5.73 Å². The number of likely N-dealkylation sites (tertiary alicyclic amines) is 1. The maximum Gasteiger partial charge on any atom is 0.272 e. The van der Waals surface area contributed by atoms with Crippen LogP contribution in [0.3, 0.4) is 0 Å². The van der Waals surface area contributed by atoms with Crippen molar-refractivity contribution in [1.29, 1.82) is 0 Å². The predicted octanol–water partition coefficient (Wildman–Crippen LogP) is 1.91. The summed E-state index contributed by atoms with van der Waals surface area (Å²) in [5, 5.41) is 0. The highest BCUT2D eigenvalue weighted by molar-refractivity contribution is 5.92. The van der Waals surface area contributed by atoms with Gasteiger partial charge in [0.05, 0.1) is 0 Å². The van der Waals surface area contributed by atoms with Crippen LogP contribution in [0.15, 0.2) is 42.6 Å². The highest BCUT2D eigenvalue weighted by Gasteiger charge is 2.25. The topological polar surface area (TPSA) is 89.2 Å². The Kier molecular flexibility index (Phi) is 5.38. The molecule has 25 heavy (non-hydrogen) atoms. The summed E-state index contributed by atoms with van der Waals surface area (Å²) in [6.07, 6.45) is 4.28. The van der Waals surface area contributed by atoms with Crippen molar-refractivity contribution in [3.8, 4) is 0 Å². The molecule has 1 fully saturated rings. The molecule has 2 N–H and O–H groups in total. The molecular formula is C19H22N4O2. The number of pyridine rings is 2. The Morgan fingerprint density at radius 3 is 2.60 bits per heavy atom. The quantitative estimate of drug-likeness (QED) is 0.902. The molecule has 6 heteroatoms. The van der Waals surface area contributed by atoms with E-state index in [0.717, 1.165) is 24.2 Å². The van der Waals surface area contributed by atoms with Crippen LogP contribution in [0.4, 0.5) is 0 Å². The second-order valence-electron chi connectivity index (χ2n) is 6.30. The Hall–Kier alpha value is -2.76. The van der Waals surface area contributed by atoms with Crippen LogP contribution in [0.5, 0.6) is 0 Å². The van der Waals surface area contributed by atoms with Gasteiger partial charge in [-0.05, 0) is 43.5 Å². The van der Waals surface area contributed by atoms with Crippen LogP contribution in [0.25, 0.3) is 0 Å². The zero-order chi connectivity index (χ0) is 17.6. The molecule has 3 heterocycles. The van der Waals surface area contributed by atoms with E-state index in [0.29, 0.717) is 37.5 Å². The van der Waals surface area contributed by atoms with Gasteiger partial charge < -0.3 is 10.6 Å². The molecule has 0 spiro atoms. The highest BCUT2D eigenvalue weighted by Crippen LogP contribution is 2.27. The van der Waals surface area contributed by atoms with Crippen LogP contribution in [-0.4, -0.2) is 39.8 Å². The summed E-state index contributed by atoms with van der Waals surface area (Å²) < 4.78 is 0. The van der Waals surface area contributed by atoms with E-state index in [2.05, 4.69) is 9.97 Å². The fourth-order valence-corrected chi connectivity index (χ4v) is 3.15. The molecule has 130 valence electrons. The predicted molar refractivity (Wildman–Crippen MR) is 93.9 cm³/mol. The average molecular weight is 338 g/mol. The Bertz CT molecular complexity index is 740. The first-order chi connectivity index (χ1) is 12.1. The molecule has 1 aliphatic heterocycles. The molecule has 0 aromatic carbocycles. The third-order valence-electron chi connectivity index (χ3n) is 4.54. The van der Waals surface area contributed by atoms with Crippen molar-refractivity contribution < 1.29 is 9.59 Å². The SMILES string of the molecule is NC(=O)CCc1cccc(C2CCN(C(=O)c3ccccn3)CC2)n1. The normalized spacial score (nSPS) is 15.1. The number of hydrogen-bond donors (Lipinski definition) is 1. The van der Waals surface area contributed by atoms with Gasteiger partial charge in [0.2, 0.25) is 5.91 Å². The van der Waals surface area contributed by atoms with Crippen molar-refractivity contribution >= 4 is 11.8 Å². The van der Waals surface area contributed by atoms with Crippen LogP contribution >= 0.6 is 0 Å². The number of rotatable bonds is 5. The summed E-state index contributed by atoms with van der Waals surface area (Å²) in [6, 6.07) is 11.3. The third-order valence-corrected chi connectivity index (χ3v) is 4.54. The van der Waals surface area contributed by atoms with Crippen molar-refractivity contribution in [3.63, 3.8) is 0 Å². The van der Waals surface area contributed by atoms with E-state index in [-0.39, 0.29) is 11.8 Å². The molecular weight excluding hydrogens is 316 g/mol. The number of carbonyl (C=O) groups excluding carboxylic acids is 2. The molecule has 2 aromatic rings. The monoisotopic (exact) mass is 338 g/mol. The molecule has 0 radical (unpaired) electrons. The zero-order valence-corrected chi connectivity index (χ0v) is 14.1. The minimum atomic E-state index is -0.312. The van der Waals surface area contributed by atoms with E-state index in [1.807, 2.05) is 29.2 Å². The van der Waals surface area contributed by atoms with Gasteiger partial charge in [-0.2, -0.15) is 0 Å². The minimum absolute atomic E-state index is 0.0118. The van der Waals surface area contributed by atoms with Crippen LogP contribution in [0.2, 0.25) is 0 Å².